The Hall–Kier alpha value is -1.11. The van der Waals surface area contributed by atoms with Crippen molar-refractivity contribution in [1.29, 1.82) is 5.41 Å². The molecule has 1 heteroatoms. The lowest BCUT2D eigenvalue weighted by Gasteiger charge is -2.14. The summed E-state index contributed by atoms with van der Waals surface area (Å²) in [6.07, 6.45) is 3.35. The van der Waals surface area contributed by atoms with Gasteiger partial charge >= 0.3 is 0 Å². The Balaban J connectivity index is 3.02. The standard InChI is InChI=1S/C13H19N/c1-10(2)12-7-4-6-11(3)13(12)8-5-9-14/h4,6-7,9-10,14H,5,8H2,1-3H3. The van der Waals surface area contributed by atoms with Crippen LogP contribution < -0.4 is 0 Å². The molecule has 0 bridgehead atoms. The van der Waals surface area contributed by atoms with E-state index in [2.05, 4.69) is 39.0 Å². The Morgan fingerprint density at radius 1 is 1.36 bits per heavy atom. The molecule has 0 saturated carbocycles. The van der Waals surface area contributed by atoms with Crippen LogP contribution in [0.3, 0.4) is 0 Å². The largest absolute Gasteiger partial charge is 0.313 e. The Morgan fingerprint density at radius 2 is 2.07 bits per heavy atom. The number of hydrogen-bond donors (Lipinski definition) is 1. The Kier molecular flexibility index (Phi) is 3.87. The van der Waals surface area contributed by atoms with E-state index in [1.165, 1.54) is 22.9 Å². The Bertz CT molecular complexity index is 313. The van der Waals surface area contributed by atoms with E-state index >= 15 is 0 Å². The second-order valence-electron chi connectivity index (χ2n) is 4.04. The van der Waals surface area contributed by atoms with Crippen LogP contribution in [0.15, 0.2) is 18.2 Å². The SMILES string of the molecule is Cc1cccc(C(C)C)c1CCC=N. The van der Waals surface area contributed by atoms with E-state index in [-0.39, 0.29) is 0 Å². The number of nitrogens with one attached hydrogen (secondary N) is 1. The molecular formula is C13H19N. The van der Waals surface area contributed by atoms with Gasteiger partial charge in [-0.1, -0.05) is 32.0 Å². The lowest BCUT2D eigenvalue weighted by molar-refractivity contribution is 0.834. The van der Waals surface area contributed by atoms with Crippen LogP contribution in [0.4, 0.5) is 0 Å². The van der Waals surface area contributed by atoms with Crippen LogP contribution in [0.25, 0.3) is 0 Å². The van der Waals surface area contributed by atoms with Gasteiger partial charge in [-0.15, -0.1) is 0 Å². The first-order valence-corrected chi connectivity index (χ1v) is 5.24. The number of aryl methyl sites for hydroxylation is 1. The van der Waals surface area contributed by atoms with Gasteiger partial charge in [0.1, 0.15) is 0 Å². The van der Waals surface area contributed by atoms with Crippen LogP contribution in [0.2, 0.25) is 0 Å². The monoisotopic (exact) mass is 189 g/mol. The van der Waals surface area contributed by atoms with Gasteiger partial charge in [-0.2, -0.15) is 0 Å². The molecule has 0 spiro atoms. The van der Waals surface area contributed by atoms with Gasteiger partial charge in [0.2, 0.25) is 0 Å². The van der Waals surface area contributed by atoms with Crippen LogP contribution in [-0.4, -0.2) is 6.21 Å². The molecule has 0 amide bonds. The quantitative estimate of drug-likeness (QED) is 0.698. The fourth-order valence-corrected chi connectivity index (χ4v) is 1.82. The highest BCUT2D eigenvalue weighted by atomic mass is 14.3. The molecule has 0 radical (unpaired) electrons. The minimum absolute atomic E-state index is 0.579. The smallest absolute Gasteiger partial charge is 0.00444 e. The first-order chi connectivity index (χ1) is 6.66. The van der Waals surface area contributed by atoms with E-state index in [1.807, 2.05) is 0 Å². The highest BCUT2D eigenvalue weighted by molar-refractivity contribution is 5.54. The van der Waals surface area contributed by atoms with E-state index < -0.39 is 0 Å². The molecule has 0 fully saturated rings. The lowest BCUT2D eigenvalue weighted by atomic mass is 9.91. The zero-order chi connectivity index (χ0) is 10.6. The molecule has 0 aliphatic heterocycles. The van der Waals surface area contributed by atoms with Gasteiger partial charge < -0.3 is 5.41 Å². The molecule has 1 nitrogen and oxygen atoms in total. The molecule has 0 aliphatic rings. The molecule has 0 unspecified atom stereocenters. The molecule has 0 saturated heterocycles. The van der Waals surface area contributed by atoms with Gasteiger partial charge in [0.05, 0.1) is 0 Å². The number of benzene rings is 1. The van der Waals surface area contributed by atoms with Gasteiger partial charge in [-0.3, -0.25) is 0 Å². The van der Waals surface area contributed by atoms with Crippen molar-refractivity contribution < 1.29 is 0 Å². The maximum Gasteiger partial charge on any atom is -0.00444 e. The highest BCUT2D eigenvalue weighted by Gasteiger charge is 2.07. The third-order valence-corrected chi connectivity index (χ3v) is 2.61. The van der Waals surface area contributed by atoms with Gasteiger partial charge in [-0.25, -0.2) is 0 Å². The molecule has 0 heterocycles. The van der Waals surface area contributed by atoms with Crippen LogP contribution in [-0.2, 0) is 6.42 Å². The second-order valence-corrected chi connectivity index (χ2v) is 4.04. The zero-order valence-electron chi connectivity index (χ0n) is 9.30. The minimum atomic E-state index is 0.579. The summed E-state index contributed by atoms with van der Waals surface area (Å²) in [5, 5.41) is 7.08. The molecule has 76 valence electrons. The van der Waals surface area contributed by atoms with Crippen molar-refractivity contribution in [2.45, 2.75) is 39.5 Å². The fraction of sp³-hybridized carbons (Fsp3) is 0.462. The third kappa shape index (κ3) is 2.44. The molecule has 1 aromatic carbocycles. The summed E-state index contributed by atoms with van der Waals surface area (Å²) >= 11 is 0. The number of hydrogen-bond acceptors (Lipinski definition) is 1. The summed E-state index contributed by atoms with van der Waals surface area (Å²) in [6.45, 7) is 6.61. The van der Waals surface area contributed by atoms with Crippen molar-refractivity contribution in [1.82, 2.24) is 0 Å². The first-order valence-electron chi connectivity index (χ1n) is 5.24. The summed E-state index contributed by atoms with van der Waals surface area (Å²) in [7, 11) is 0. The predicted molar refractivity (Wildman–Crippen MR) is 62.4 cm³/mol. The average Bonchev–Trinajstić information content (AvgIpc) is 2.15. The third-order valence-electron chi connectivity index (χ3n) is 2.61. The molecule has 0 aromatic heterocycles. The summed E-state index contributed by atoms with van der Waals surface area (Å²) in [5.74, 6) is 0.579. The van der Waals surface area contributed by atoms with Crippen molar-refractivity contribution in [3.8, 4) is 0 Å². The van der Waals surface area contributed by atoms with E-state index in [4.69, 9.17) is 5.41 Å². The zero-order valence-corrected chi connectivity index (χ0v) is 9.30. The van der Waals surface area contributed by atoms with Crippen LogP contribution in [0.5, 0.6) is 0 Å². The fourth-order valence-electron chi connectivity index (χ4n) is 1.82. The summed E-state index contributed by atoms with van der Waals surface area (Å²) in [5.41, 5.74) is 4.23. The molecular weight excluding hydrogens is 170 g/mol. The maximum atomic E-state index is 7.08. The highest BCUT2D eigenvalue weighted by Crippen LogP contribution is 2.23. The summed E-state index contributed by atoms with van der Waals surface area (Å²) in [4.78, 5) is 0. The van der Waals surface area contributed by atoms with Gasteiger partial charge in [0.25, 0.3) is 0 Å². The van der Waals surface area contributed by atoms with Crippen LogP contribution >= 0.6 is 0 Å². The normalized spacial score (nSPS) is 10.6. The van der Waals surface area contributed by atoms with Crippen molar-refractivity contribution in [3.63, 3.8) is 0 Å². The molecule has 0 aliphatic carbocycles. The molecule has 14 heavy (non-hydrogen) atoms. The van der Waals surface area contributed by atoms with E-state index in [1.54, 1.807) is 0 Å². The van der Waals surface area contributed by atoms with Crippen molar-refractivity contribution in [2.75, 3.05) is 0 Å². The minimum Gasteiger partial charge on any atom is -0.313 e. The maximum absolute atomic E-state index is 7.08. The van der Waals surface area contributed by atoms with Crippen LogP contribution in [0, 0.1) is 12.3 Å². The first kappa shape index (κ1) is 11.0. The van der Waals surface area contributed by atoms with E-state index in [0.717, 1.165) is 12.8 Å². The lowest BCUT2D eigenvalue weighted by Crippen LogP contribution is -1.99. The van der Waals surface area contributed by atoms with E-state index in [0.29, 0.717) is 5.92 Å². The topological polar surface area (TPSA) is 23.9 Å². The second kappa shape index (κ2) is 4.94. The van der Waals surface area contributed by atoms with Crippen LogP contribution in [0.1, 0.15) is 42.9 Å². The van der Waals surface area contributed by atoms with E-state index in [9.17, 15) is 0 Å². The average molecular weight is 189 g/mol. The molecule has 0 atom stereocenters. The Morgan fingerprint density at radius 3 is 2.64 bits per heavy atom. The summed E-state index contributed by atoms with van der Waals surface area (Å²) in [6, 6.07) is 6.49. The van der Waals surface area contributed by atoms with Gasteiger partial charge in [-0.05, 0) is 48.6 Å². The van der Waals surface area contributed by atoms with Crippen molar-refractivity contribution in [2.24, 2.45) is 0 Å². The summed E-state index contributed by atoms with van der Waals surface area (Å²) < 4.78 is 0. The molecule has 1 rings (SSSR count). The predicted octanol–water partition coefficient (Wildman–Crippen LogP) is 3.70. The van der Waals surface area contributed by atoms with Crippen molar-refractivity contribution >= 4 is 6.21 Å². The number of rotatable bonds is 4. The molecule has 1 aromatic rings. The van der Waals surface area contributed by atoms with Crippen molar-refractivity contribution in [3.05, 3.63) is 34.9 Å². The molecule has 1 N–H and O–H groups in total. The van der Waals surface area contributed by atoms with Gasteiger partial charge in [0, 0.05) is 0 Å². The van der Waals surface area contributed by atoms with Gasteiger partial charge in [0.15, 0.2) is 0 Å². The Labute approximate surface area is 86.7 Å².